The van der Waals surface area contributed by atoms with Crippen LogP contribution in [0.15, 0.2) is 0 Å². The lowest BCUT2D eigenvalue weighted by molar-refractivity contribution is -0.366. The standard InChI is InChI=1S/C18H32O16/c19-1-4-7(21)10(24)13(27)17(32-4)30-3-6-9(23)12(26)15(16(29)31-6)34-18-14(28)11(25)8(22)5(2-20)33-18/h4-29H,1-3H2. The lowest BCUT2D eigenvalue weighted by Gasteiger charge is -2.45. The third kappa shape index (κ3) is 5.52. The zero-order chi connectivity index (χ0) is 25.3. The summed E-state index contributed by atoms with van der Waals surface area (Å²) in [4.78, 5) is 0. The Balaban J connectivity index is 1.59. The van der Waals surface area contributed by atoms with Crippen LogP contribution < -0.4 is 0 Å². The Labute approximate surface area is 192 Å². The van der Waals surface area contributed by atoms with Crippen LogP contribution in [0.25, 0.3) is 0 Å². The molecule has 16 nitrogen and oxygen atoms in total. The average Bonchev–Trinajstić information content (AvgIpc) is 2.82. The maximum absolute atomic E-state index is 10.4. The second kappa shape index (κ2) is 11.6. The van der Waals surface area contributed by atoms with Crippen LogP contribution in [0.2, 0.25) is 0 Å². The van der Waals surface area contributed by atoms with Crippen molar-refractivity contribution < 1.29 is 79.9 Å². The topological polar surface area (TPSA) is 269 Å². The molecule has 3 aliphatic heterocycles. The molecule has 0 aromatic carbocycles. The molecule has 15 atom stereocenters. The molecule has 3 aliphatic rings. The number of aliphatic hydroxyl groups excluding tert-OH is 11. The molecular formula is C18H32O16. The second-order valence-corrected chi connectivity index (χ2v) is 8.37. The molecule has 200 valence electrons. The van der Waals surface area contributed by atoms with E-state index in [-0.39, 0.29) is 0 Å². The van der Waals surface area contributed by atoms with Gasteiger partial charge in [0.2, 0.25) is 0 Å². The summed E-state index contributed by atoms with van der Waals surface area (Å²) < 4.78 is 26.0. The molecule has 3 fully saturated rings. The van der Waals surface area contributed by atoms with Gasteiger partial charge in [0.15, 0.2) is 18.9 Å². The van der Waals surface area contributed by atoms with Crippen LogP contribution in [-0.2, 0) is 23.7 Å². The van der Waals surface area contributed by atoms with E-state index in [0.717, 1.165) is 0 Å². The number of ether oxygens (including phenoxy) is 5. The molecule has 0 spiro atoms. The van der Waals surface area contributed by atoms with Gasteiger partial charge in [-0.25, -0.2) is 0 Å². The van der Waals surface area contributed by atoms with Gasteiger partial charge in [0.05, 0.1) is 19.8 Å². The van der Waals surface area contributed by atoms with Gasteiger partial charge >= 0.3 is 0 Å². The SMILES string of the molecule is OCC1OC(OCC2OC(O)C(OC3OC(CO)C(O)C(O)C3O)C(O)C2O)C(O)C(O)C1O. The molecule has 16 heteroatoms. The maximum atomic E-state index is 10.4. The van der Waals surface area contributed by atoms with Gasteiger partial charge in [-0.05, 0) is 0 Å². The first-order valence-corrected chi connectivity index (χ1v) is 10.6. The van der Waals surface area contributed by atoms with E-state index in [2.05, 4.69) is 0 Å². The fraction of sp³-hybridized carbons (Fsp3) is 1.00. The van der Waals surface area contributed by atoms with E-state index < -0.39 is 112 Å². The molecule has 0 bridgehead atoms. The van der Waals surface area contributed by atoms with Crippen LogP contribution in [0.4, 0.5) is 0 Å². The van der Waals surface area contributed by atoms with Gasteiger partial charge in [0.1, 0.15) is 73.2 Å². The Morgan fingerprint density at radius 3 is 1.50 bits per heavy atom. The molecule has 3 heterocycles. The fourth-order valence-electron chi connectivity index (χ4n) is 3.94. The van der Waals surface area contributed by atoms with Crippen LogP contribution in [-0.4, -0.2) is 168 Å². The molecule has 3 saturated heterocycles. The van der Waals surface area contributed by atoms with Crippen LogP contribution in [0.1, 0.15) is 0 Å². The van der Waals surface area contributed by atoms with Gasteiger partial charge in [0, 0.05) is 0 Å². The van der Waals surface area contributed by atoms with E-state index in [4.69, 9.17) is 23.7 Å². The second-order valence-electron chi connectivity index (χ2n) is 8.37. The maximum Gasteiger partial charge on any atom is 0.187 e. The molecular weight excluding hydrogens is 472 g/mol. The van der Waals surface area contributed by atoms with Crippen molar-refractivity contribution in [3.8, 4) is 0 Å². The average molecular weight is 504 g/mol. The Hall–Kier alpha value is -0.640. The highest BCUT2D eigenvalue weighted by atomic mass is 16.7. The Bertz CT molecular complexity index is 635. The summed E-state index contributed by atoms with van der Waals surface area (Å²) in [5.41, 5.74) is 0. The van der Waals surface area contributed by atoms with E-state index in [1.165, 1.54) is 0 Å². The van der Waals surface area contributed by atoms with Crippen molar-refractivity contribution in [1.82, 2.24) is 0 Å². The van der Waals surface area contributed by atoms with Crippen molar-refractivity contribution in [1.29, 1.82) is 0 Å². The van der Waals surface area contributed by atoms with Crippen LogP contribution in [0, 0.1) is 0 Å². The summed E-state index contributed by atoms with van der Waals surface area (Å²) in [6.45, 7) is -2.02. The monoisotopic (exact) mass is 504 g/mol. The molecule has 0 saturated carbocycles. The van der Waals surface area contributed by atoms with Gasteiger partial charge in [-0.15, -0.1) is 0 Å². The summed E-state index contributed by atoms with van der Waals surface area (Å²) in [6.07, 6.45) is -24.8. The highest BCUT2D eigenvalue weighted by molar-refractivity contribution is 4.94. The van der Waals surface area contributed by atoms with Gasteiger partial charge < -0.3 is 79.9 Å². The minimum Gasteiger partial charge on any atom is -0.394 e. The molecule has 0 radical (unpaired) electrons. The first-order chi connectivity index (χ1) is 16.0. The highest BCUT2D eigenvalue weighted by Crippen LogP contribution is 2.29. The number of hydrogen-bond acceptors (Lipinski definition) is 16. The zero-order valence-electron chi connectivity index (χ0n) is 17.7. The van der Waals surface area contributed by atoms with Crippen molar-refractivity contribution >= 4 is 0 Å². The predicted octanol–water partition coefficient (Wildman–Crippen LogP) is -7.57. The number of hydrogen-bond donors (Lipinski definition) is 11. The van der Waals surface area contributed by atoms with E-state index >= 15 is 0 Å². The van der Waals surface area contributed by atoms with E-state index in [9.17, 15) is 56.2 Å². The Morgan fingerprint density at radius 1 is 0.500 bits per heavy atom. The molecule has 0 aromatic heterocycles. The molecule has 3 rings (SSSR count). The Kier molecular flexibility index (Phi) is 9.54. The van der Waals surface area contributed by atoms with Crippen LogP contribution >= 0.6 is 0 Å². The first-order valence-electron chi connectivity index (χ1n) is 10.6. The normalized spacial score (nSPS) is 52.5. The third-order valence-corrected chi connectivity index (χ3v) is 6.08. The number of aliphatic hydroxyl groups is 11. The van der Waals surface area contributed by atoms with Gasteiger partial charge in [-0.3, -0.25) is 0 Å². The first kappa shape index (κ1) is 27.9. The van der Waals surface area contributed by atoms with E-state index in [1.807, 2.05) is 0 Å². The summed E-state index contributed by atoms with van der Waals surface area (Å²) in [5.74, 6) is 0. The van der Waals surface area contributed by atoms with Gasteiger partial charge in [0.25, 0.3) is 0 Å². The van der Waals surface area contributed by atoms with Crippen molar-refractivity contribution in [2.45, 2.75) is 92.1 Å². The van der Waals surface area contributed by atoms with Gasteiger partial charge in [-0.2, -0.15) is 0 Å². The number of rotatable bonds is 7. The Morgan fingerprint density at radius 2 is 0.971 bits per heavy atom. The summed E-state index contributed by atoms with van der Waals surface area (Å²) in [5, 5.41) is 109. The lowest BCUT2D eigenvalue weighted by Crippen LogP contribution is -2.64. The molecule has 0 amide bonds. The molecule has 34 heavy (non-hydrogen) atoms. The molecule has 11 N–H and O–H groups in total. The zero-order valence-corrected chi connectivity index (χ0v) is 17.7. The smallest absolute Gasteiger partial charge is 0.187 e. The van der Waals surface area contributed by atoms with Crippen LogP contribution in [0.3, 0.4) is 0 Å². The van der Waals surface area contributed by atoms with Crippen molar-refractivity contribution in [3.63, 3.8) is 0 Å². The summed E-state index contributed by atoms with van der Waals surface area (Å²) >= 11 is 0. The lowest BCUT2D eigenvalue weighted by atomic mass is 9.97. The van der Waals surface area contributed by atoms with E-state index in [0.29, 0.717) is 0 Å². The highest BCUT2D eigenvalue weighted by Gasteiger charge is 2.51. The largest absolute Gasteiger partial charge is 0.394 e. The predicted molar refractivity (Wildman–Crippen MR) is 101 cm³/mol. The van der Waals surface area contributed by atoms with Crippen molar-refractivity contribution in [2.75, 3.05) is 19.8 Å². The summed E-state index contributed by atoms with van der Waals surface area (Å²) in [6, 6.07) is 0. The molecule has 15 unspecified atom stereocenters. The van der Waals surface area contributed by atoms with Crippen molar-refractivity contribution in [2.24, 2.45) is 0 Å². The summed E-state index contributed by atoms with van der Waals surface area (Å²) in [7, 11) is 0. The van der Waals surface area contributed by atoms with Crippen LogP contribution in [0.5, 0.6) is 0 Å². The molecule has 0 aliphatic carbocycles. The fourth-order valence-corrected chi connectivity index (χ4v) is 3.94. The van der Waals surface area contributed by atoms with Gasteiger partial charge in [-0.1, -0.05) is 0 Å². The van der Waals surface area contributed by atoms with E-state index in [1.54, 1.807) is 0 Å². The molecule has 0 aromatic rings. The third-order valence-electron chi connectivity index (χ3n) is 6.08. The van der Waals surface area contributed by atoms with Crippen molar-refractivity contribution in [3.05, 3.63) is 0 Å². The minimum atomic E-state index is -1.92. The minimum absolute atomic E-state index is 0.593. The quantitative estimate of drug-likeness (QED) is 0.154.